The van der Waals surface area contributed by atoms with Gasteiger partial charge in [-0.3, -0.25) is 0 Å². The maximum atomic E-state index is 2.48. The van der Waals surface area contributed by atoms with Crippen molar-refractivity contribution < 1.29 is 0 Å². The summed E-state index contributed by atoms with van der Waals surface area (Å²) in [5.41, 5.74) is 0.666. The molecule has 0 spiro atoms. The molecule has 0 amide bonds. The zero-order valence-electron chi connectivity index (χ0n) is 7.51. The zero-order valence-corrected chi connectivity index (χ0v) is 7.51. The monoisotopic (exact) mass is 151 g/mol. The smallest absolute Gasteiger partial charge is 0.0374 e. The predicted molar refractivity (Wildman–Crippen MR) is 47.3 cm³/mol. The lowest BCUT2D eigenvalue weighted by atomic mass is 10.0. The van der Waals surface area contributed by atoms with E-state index < -0.39 is 0 Å². The van der Waals surface area contributed by atoms with E-state index in [4.69, 9.17) is 0 Å². The Morgan fingerprint density at radius 1 is 1.64 bits per heavy atom. The number of rotatable bonds is 3. The molecule has 0 bridgehead atoms. The van der Waals surface area contributed by atoms with Gasteiger partial charge in [-0.15, -0.1) is 0 Å². The van der Waals surface area contributed by atoms with Gasteiger partial charge in [0.05, 0.1) is 0 Å². The van der Waals surface area contributed by atoms with Crippen molar-refractivity contribution in [1.82, 2.24) is 4.90 Å². The van der Waals surface area contributed by atoms with Gasteiger partial charge < -0.3 is 4.90 Å². The highest BCUT2D eigenvalue weighted by Gasteiger charge is 2.52. The van der Waals surface area contributed by atoms with Crippen molar-refractivity contribution in [3.05, 3.63) is 12.3 Å². The van der Waals surface area contributed by atoms with Crippen molar-refractivity contribution in [3.8, 4) is 0 Å². The van der Waals surface area contributed by atoms with Crippen LogP contribution in [0, 0.1) is 5.41 Å². The van der Waals surface area contributed by atoms with Crippen LogP contribution in [-0.4, -0.2) is 17.5 Å². The Morgan fingerprint density at radius 2 is 2.36 bits per heavy atom. The van der Waals surface area contributed by atoms with Gasteiger partial charge in [0, 0.05) is 12.6 Å². The second-order valence-corrected chi connectivity index (χ2v) is 4.21. The summed E-state index contributed by atoms with van der Waals surface area (Å²) in [6, 6.07) is 0.882. The van der Waals surface area contributed by atoms with Crippen LogP contribution in [0.25, 0.3) is 0 Å². The normalized spacial score (nSPS) is 40.5. The van der Waals surface area contributed by atoms with Crippen LogP contribution in [0.3, 0.4) is 0 Å². The third kappa shape index (κ3) is 1.07. The predicted octanol–water partition coefficient (Wildman–Crippen LogP) is 2.39. The Bertz CT molecular complexity index is 185. The molecule has 0 N–H and O–H groups in total. The van der Waals surface area contributed by atoms with Crippen molar-refractivity contribution in [1.29, 1.82) is 0 Å². The molecular formula is C10H17N. The molecule has 0 radical (unpaired) electrons. The quantitative estimate of drug-likeness (QED) is 0.598. The van der Waals surface area contributed by atoms with E-state index in [2.05, 4.69) is 31.0 Å². The second kappa shape index (κ2) is 2.26. The van der Waals surface area contributed by atoms with E-state index in [0.29, 0.717) is 5.41 Å². The van der Waals surface area contributed by atoms with Crippen LogP contribution in [0.1, 0.15) is 33.1 Å². The van der Waals surface area contributed by atoms with Crippen molar-refractivity contribution in [2.75, 3.05) is 6.54 Å². The zero-order chi connectivity index (χ0) is 7.90. The molecule has 1 aliphatic carbocycles. The lowest BCUT2D eigenvalue weighted by molar-refractivity contribution is 0.301. The van der Waals surface area contributed by atoms with Crippen molar-refractivity contribution in [3.63, 3.8) is 0 Å². The van der Waals surface area contributed by atoms with E-state index in [-0.39, 0.29) is 0 Å². The van der Waals surface area contributed by atoms with E-state index in [9.17, 15) is 0 Å². The standard InChI is InChI=1S/C10H17N/c1-3-5-10(2)8-9(10)11-6-4-7-11/h4,6,9H,3,5,7-8H2,1-2H3. The number of nitrogens with zero attached hydrogens (tertiary/aromatic N) is 1. The summed E-state index contributed by atoms with van der Waals surface area (Å²) >= 11 is 0. The molecule has 0 aromatic rings. The van der Waals surface area contributed by atoms with Crippen molar-refractivity contribution in [2.24, 2.45) is 5.41 Å². The molecule has 0 aromatic carbocycles. The Kier molecular flexibility index (Phi) is 1.48. The number of hydrogen-bond acceptors (Lipinski definition) is 1. The highest BCUT2D eigenvalue weighted by atomic mass is 15.2. The van der Waals surface area contributed by atoms with Crippen molar-refractivity contribution in [2.45, 2.75) is 39.2 Å². The largest absolute Gasteiger partial charge is 0.370 e. The molecule has 1 heterocycles. The Hall–Kier alpha value is -0.460. The van der Waals surface area contributed by atoms with Crippen LogP contribution in [0.15, 0.2) is 12.3 Å². The Labute approximate surface area is 69.1 Å². The Balaban J connectivity index is 1.87. The van der Waals surface area contributed by atoms with Crippen LogP contribution >= 0.6 is 0 Å². The first-order valence-electron chi connectivity index (χ1n) is 4.69. The summed E-state index contributed by atoms with van der Waals surface area (Å²) in [6.07, 6.45) is 8.65. The van der Waals surface area contributed by atoms with E-state index in [1.165, 1.54) is 25.8 Å². The lowest BCUT2D eigenvalue weighted by Gasteiger charge is -2.27. The molecule has 1 nitrogen and oxygen atoms in total. The van der Waals surface area contributed by atoms with Gasteiger partial charge in [0.2, 0.25) is 0 Å². The van der Waals surface area contributed by atoms with Gasteiger partial charge >= 0.3 is 0 Å². The highest BCUT2D eigenvalue weighted by Crippen LogP contribution is 2.53. The van der Waals surface area contributed by atoms with Gasteiger partial charge in [0.25, 0.3) is 0 Å². The summed E-state index contributed by atoms with van der Waals surface area (Å²) in [6.45, 7) is 5.91. The van der Waals surface area contributed by atoms with E-state index in [1.54, 1.807) is 0 Å². The minimum absolute atomic E-state index is 0.666. The fourth-order valence-electron chi connectivity index (χ4n) is 2.20. The molecule has 2 atom stereocenters. The van der Waals surface area contributed by atoms with E-state index in [1.807, 2.05) is 0 Å². The van der Waals surface area contributed by atoms with Gasteiger partial charge in [-0.2, -0.15) is 0 Å². The van der Waals surface area contributed by atoms with Crippen LogP contribution in [-0.2, 0) is 0 Å². The third-order valence-electron chi connectivity index (χ3n) is 3.14. The topological polar surface area (TPSA) is 3.24 Å². The summed E-state index contributed by atoms with van der Waals surface area (Å²) < 4.78 is 0. The van der Waals surface area contributed by atoms with Crippen molar-refractivity contribution >= 4 is 0 Å². The van der Waals surface area contributed by atoms with Gasteiger partial charge in [-0.1, -0.05) is 20.3 Å². The molecule has 0 saturated heterocycles. The molecule has 1 saturated carbocycles. The number of hydrogen-bond donors (Lipinski definition) is 0. The molecule has 1 heteroatoms. The molecule has 2 aliphatic rings. The van der Waals surface area contributed by atoms with Gasteiger partial charge in [0.1, 0.15) is 0 Å². The SMILES string of the molecule is CCCC1(C)CC1N1C=CC1. The fourth-order valence-corrected chi connectivity index (χ4v) is 2.20. The van der Waals surface area contributed by atoms with E-state index in [0.717, 1.165) is 6.04 Å². The van der Waals surface area contributed by atoms with Crippen LogP contribution in [0.4, 0.5) is 0 Å². The first-order chi connectivity index (χ1) is 5.26. The molecule has 2 unspecified atom stereocenters. The summed E-state index contributed by atoms with van der Waals surface area (Å²) in [4.78, 5) is 2.48. The molecule has 62 valence electrons. The maximum absolute atomic E-state index is 2.48. The second-order valence-electron chi connectivity index (χ2n) is 4.21. The summed E-state index contributed by atoms with van der Waals surface area (Å²) in [5, 5.41) is 0. The third-order valence-corrected chi connectivity index (χ3v) is 3.14. The van der Waals surface area contributed by atoms with Crippen LogP contribution in [0.2, 0.25) is 0 Å². The van der Waals surface area contributed by atoms with Gasteiger partial charge in [-0.05, 0) is 30.5 Å². The summed E-state index contributed by atoms with van der Waals surface area (Å²) in [7, 11) is 0. The first kappa shape index (κ1) is 7.20. The molecule has 0 aromatic heterocycles. The highest BCUT2D eigenvalue weighted by molar-refractivity contribution is 5.13. The van der Waals surface area contributed by atoms with E-state index >= 15 is 0 Å². The average Bonchev–Trinajstić information content (AvgIpc) is 2.39. The van der Waals surface area contributed by atoms with Gasteiger partial charge in [-0.25, -0.2) is 0 Å². The van der Waals surface area contributed by atoms with Crippen LogP contribution in [0.5, 0.6) is 0 Å². The van der Waals surface area contributed by atoms with Gasteiger partial charge in [0.15, 0.2) is 0 Å². The minimum Gasteiger partial charge on any atom is -0.370 e. The maximum Gasteiger partial charge on any atom is 0.0374 e. The molecule has 2 rings (SSSR count). The Morgan fingerprint density at radius 3 is 2.82 bits per heavy atom. The molecule has 11 heavy (non-hydrogen) atoms. The summed E-state index contributed by atoms with van der Waals surface area (Å²) in [5.74, 6) is 0. The van der Waals surface area contributed by atoms with Crippen LogP contribution < -0.4 is 0 Å². The molecular weight excluding hydrogens is 134 g/mol. The minimum atomic E-state index is 0.666. The first-order valence-corrected chi connectivity index (χ1v) is 4.69. The average molecular weight is 151 g/mol. The molecule has 1 fully saturated rings. The molecule has 1 aliphatic heterocycles. The fraction of sp³-hybridized carbons (Fsp3) is 0.800. The lowest BCUT2D eigenvalue weighted by Crippen LogP contribution is -2.29.